The maximum absolute atomic E-state index is 12.0. The highest BCUT2D eigenvalue weighted by Gasteiger charge is 2.12. The quantitative estimate of drug-likeness (QED) is 0.821. The van der Waals surface area contributed by atoms with E-state index in [0.29, 0.717) is 0 Å². The third kappa shape index (κ3) is 2.17. The molecule has 2 aromatic heterocycles. The molecule has 0 aliphatic heterocycles. The van der Waals surface area contributed by atoms with Gasteiger partial charge in [0.05, 0.1) is 23.3 Å². The maximum atomic E-state index is 12.0. The van der Waals surface area contributed by atoms with E-state index in [2.05, 4.69) is 9.97 Å². The van der Waals surface area contributed by atoms with Gasteiger partial charge in [-0.2, -0.15) is 0 Å². The number of Topliss-reactive ketones (excluding diaryl/α,β-unsaturated/α-hetero) is 1. The molecule has 0 saturated carbocycles. The van der Waals surface area contributed by atoms with Gasteiger partial charge < -0.3 is 4.98 Å². The van der Waals surface area contributed by atoms with E-state index in [9.17, 15) is 14.4 Å². The molecular weight excluding hydrogens is 254 g/mol. The molecule has 0 saturated heterocycles. The van der Waals surface area contributed by atoms with Crippen LogP contribution in [-0.4, -0.2) is 20.3 Å². The van der Waals surface area contributed by atoms with E-state index >= 15 is 0 Å². The molecule has 18 heavy (non-hydrogen) atoms. The van der Waals surface area contributed by atoms with E-state index in [-0.39, 0.29) is 17.9 Å². The van der Waals surface area contributed by atoms with Gasteiger partial charge in [-0.15, -0.1) is 11.3 Å². The molecule has 0 bridgehead atoms. The smallest absolute Gasteiger partial charge is 0.313 e. The van der Waals surface area contributed by atoms with Crippen molar-refractivity contribution < 1.29 is 4.79 Å². The average Bonchev–Trinajstić information content (AvgIpc) is 2.69. The summed E-state index contributed by atoms with van der Waals surface area (Å²) in [6.07, 6.45) is 1.16. The summed E-state index contributed by atoms with van der Waals surface area (Å²) in [5.74, 6) is -0.369. The Bertz CT molecular complexity index is 711. The number of H-pyrrole nitrogens is 1. The molecule has 94 valence electrons. The first-order valence-electron chi connectivity index (χ1n) is 5.23. The molecule has 0 atom stereocenters. The first-order valence-corrected chi connectivity index (χ1v) is 6.11. The predicted octanol–water partition coefficient (Wildman–Crippen LogP) is 0.552. The predicted molar refractivity (Wildman–Crippen MR) is 67.3 cm³/mol. The van der Waals surface area contributed by atoms with Crippen molar-refractivity contribution in [1.82, 2.24) is 14.5 Å². The highest BCUT2D eigenvalue weighted by molar-refractivity contribution is 7.09. The third-order valence-corrected chi connectivity index (χ3v) is 3.51. The Morgan fingerprint density at radius 2 is 2.22 bits per heavy atom. The molecule has 0 fully saturated rings. The number of hydrogen-bond donors (Lipinski definition) is 1. The molecular formula is C11H11N3O3S. The molecule has 2 rings (SSSR count). The van der Waals surface area contributed by atoms with E-state index in [1.165, 1.54) is 18.3 Å². The summed E-state index contributed by atoms with van der Waals surface area (Å²) in [7, 11) is 0. The molecule has 2 heterocycles. The minimum absolute atomic E-state index is 0.0169. The Hall–Kier alpha value is -2.02. The first-order chi connectivity index (χ1) is 8.50. The van der Waals surface area contributed by atoms with Crippen molar-refractivity contribution in [3.05, 3.63) is 48.7 Å². The summed E-state index contributed by atoms with van der Waals surface area (Å²) in [6.45, 7) is 3.23. The Balaban J connectivity index is 2.55. The number of ketones is 1. The van der Waals surface area contributed by atoms with E-state index in [1.807, 2.05) is 0 Å². The second-order valence-corrected chi connectivity index (χ2v) is 4.76. The van der Waals surface area contributed by atoms with E-state index < -0.39 is 11.2 Å². The summed E-state index contributed by atoms with van der Waals surface area (Å²) in [4.78, 5) is 42.1. The van der Waals surface area contributed by atoms with Gasteiger partial charge in [-0.1, -0.05) is 0 Å². The van der Waals surface area contributed by atoms with Crippen molar-refractivity contribution in [2.75, 3.05) is 0 Å². The van der Waals surface area contributed by atoms with Gasteiger partial charge >= 0.3 is 5.69 Å². The summed E-state index contributed by atoms with van der Waals surface area (Å²) < 4.78 is 1.01. The standard InChI is InChI=1S/C11H11N3O3S/c1-6-9(18-5-13-6)4-14-10(16)8(7(2)15)3-12-11(14)17/h3,5H,4H2,1-2H3,(H,12,17). The van der Waals surface area contributed by atoms with Gasteiger partial charge in [0.2, 0.25) is 0 Å². The Kier molecular flexibility index (Phi) is 3.24. The fourth-order valence-electron chi connectivity index (χ4n) is 1.53. The third-order valence-electron chi connectivity index (χ3n) is 2.59. The zero-order valence-corrected chi connectivity index (χ0v) is 10.7. The van der Waals surface area contributed by atoms with Gasteiger partial charge in [-0.25, -0.2) is 9.78 Å². The second-order valence-electron chi connectivity index (χ2n) is 3.82. The molecule has 0 aromatic carbocycles. The van der Waals surface area contributed by atoms with Crippen molar-refractivity contribution in [3.63, 3.8) is 0 Å². The number of thiazole rings is 1. The largest absolute Gasteiger partial charge is 0.328 e. The van der Waals surface area contributed by atoms with Crippen LogP contribution in [0.3, 0.4) is 0 Å². The number of carbonyl (C=O) groups excluding carboxylic acids is 1. The SMILES string of the molecule is CC(=O)c1c[nH]c(=O)n(Cc2scnc2C)c1=O. The van der Waals surface area contributed by atoms with Crippen LogP contribution in [-0.2, 0) is 6.54 Å². The van der Waals surface area contributed by atoms with Crippen LogP contribution in [0.5, 0.6) is 0 Å². The Morgan fingerprint density at radius 1 is 1.50 bits per heavy atom. The number of nitrogens with one attached hydrogen (secondary N) is 1. The lowest BCUT2D eigenvalue weighted by molar-refractivity contribution is 0.101. The van der Waals surface area contributed by atoms with Gasteiger partial charge in [0, 0.05) is 11.1 Å². The summed E-state index contributed by atoms with van der Waals surface area (Å²) >= 11 is 1.37. The van der Waals surface area contributed by atoms with Crippen molar-refractivity contribution in [1.29, 1.82) is 0 Å². The number of rotatable bonds is 3. The number of carbonyl (C=O) groups is 1. The lowest BCUT2D eigenvalue weighted by atomic mass is 10.2. The Morgan fingerprint density at radius 3 is 2.78 bits per heavy atom. The van der Waals surface area contributed by atoms with Crippen molar-refractivity contribution >= 4 is 17.1 Å². The van der Waals surface area contributed by atoms with E-state index in [4.69, 9.17) is 0 Å². The van der Waals surface area contributed by atoms with Crippen LogP contribution in [0.1, 0.15) is 27.9 Å². The topological polar surface area (TPSA) is 84.8 Å². The molecule has 0 radical (unpaired) electrons. The lowest BCUT2D eigenvalue weighted by Crippen LogP contribution is -2.37. The number of aryl methyl sites for hydroxylation is 1. The van der Waals surface area contributed by atoms with Gasteiger partial charge in [0.25, 0.3) is 5.56 Å². The van der Waals surface area contributed by atoms with Crippen LogP contribution < -0.4 is 11.2 Å². The van der Waals surface area contributed by atoms with Crippen LogP contribution in [0.25, 0.3) is 0 Å². The monoisotopic (exact) mass is 265 g/mol. The lowest BCUT2D eigenvalue weighted by Gasteiger charge is -2.04. The van der Waals surface area contributed by atoms with E-state index in [1.54, 1.807) is 12.4 Å². The van der Waals surface area contributed by atoms with Crippen molar-refractivity contribution in [2.24, 2.45) is 0 Å². The highest BCUT2D eigenvalue weighted by Crippen LogP contribution is 2.12. The summed E-state index contributed by atoms with van der Waals surface area (Å²) in [6, 6.07) is 0. The highest BCUT2D eigenvalue weighted by atomic mass is 32.1. The summed E-state index contributed by atoms with van der Waals surface area (Å²) in [5, 5.41) is 0. The average molecular weight is 265 g/mol. The van der Waals surface area contributed by atoms with Crippen molar-refractivity contribution in [3.8, 4) is 0 Å². The minimum atomic E-state index is -0.570. The number of nitrogens with zero attached hydrogens (tertiary/aromatic N) is 2. The van der Waals surface area contributed by atoms with Gasteiger partial charge in [0.1, 0.15) is 0 Å². The number of hydrogen-bond acceptors (Lipinski definition) is 5. The Labute approximate surface area is 106 Å². The normalized spacial score (nSPS) is 10.6. The molecule has 0 aliphatic carbocycles. The minimum Gasteiger partial charge on any atom is -0.313 e. The number of aromatic amines is 1. The van der Waals surface area contributed by atoms with Crippen LogP contribution >= 0.6 is 11.3 Å². The zero-order chi connectivity index (χ0) is 13.3. The molecule has 1 N–H and O–H groups in total. The molecule has 2 aromatic rings. The fraction of sp³-hybridized carbons (Fsp3) is 0.273. The maximum Gasteiger partial charge on any atom is 0.328 e. The molecule has 6 nitrogen and oxygen atoms in total. The first kappa shape index (κ1) is 12.4. The molecule has 7 heteroatoms. The van der Waals surface area contributed by atoms with Crippen molar-refractivity contribution in [2.45, 2.75) is 20.4 Å². The van der Waals surface area contributed by atoms with Crippen LogP contribution in [0.2, 0.25) is 0 Å². The second kappa shape index (κ2) is 4.69. The fourth-order valence-corrected chi connectivity index (χ4v) is 2.29. The summed E-state index contributed by atoms with van der Waals surface area (Å²) in [5.41, 5.74) is 1.31. The van der Waals surface area contributed by atoms with Crippen LogP contribution in [0.4, 0.5) is 0 Å². The van der Waals surface area contributed by atoms with Gasteiger partial charge in [0.15, 0.2) is 5.78 Å². The molecule has 0 spiro atoms. The molecule has 0 amide bonds. The molecule has 0 unspecified atom stereocenters. The molecule has 0 aliphatic rings. The van der Waals surface area contributed by atoms with Crippen LogP contribution in [0.15, 0.2) is 21.3 Å². The van der Waals surface area contributed by atoms with Gasteiger partial charge in [-0.3, -0.25) is 14.2 Å². The zero-order valence-electron chi connectivity index (χ0n) is 9.89. The van der Waals surface area contributed by atoms with Gasteiger partial charge in [-0.05, 0) is 13.8 Å². The number of aromatic nitrogens is 3. The van der Waals surface area contributed by atoms with Crippen LogP contribution in [0, 0.1) is 6.92 Å². The van der Waals surface area contributed by atoms with E-state index in [0.717, 1.165) is 21.3 Å².